The van der Waals surface area contributed by atoms with E-state index in [1.807, 2.05) is 14.1 Å². The lowest BCUT2D eigenvalue weighted by Crippen LogP contribution is -2.45. The molecule has 0 bridgehead atoms. The third kappa shape index (κ3) is 5.88. The zero-order chi connectivity index (χ0) is 22.4. The van der Waals surface area contributed by atoms with Crippen LogP contribution in [0.5, 0.6) is 17.2 Å². The average Bonchev–Trinajstić information content (AvgIpc) is 2.75. The van der Waals surface area contributed by atoms with Crippen molar-refractivity contribution in [3.8, 4) is 17.2 Å². The highest BCUT2D eigenvalue weighted by Crippen LogP contribution is 2.36. The van der Waals surface area contributed by atoms with Gasteiger partial charge in [-0.15, -0.1) is 0 Å². The number of ether oxygens (including phenoxy) is 3. The fourth-order valence-corrected chi connectivity index (χ4v) is 3.30. The van der Waals surface area contributed by atoms with Crippen LogP contribution in [0.1, 0.15) is 13.3 Å². The van der Waals surface area contributed by atoms with Gasteiger partial charge in [0.25, 0.3) is 11.8 Å². The molecule has 2 aromatic rings. The van der Waals surface area contributed by atoms with Gasteiger partial charge >= 0.3 is 0 Å². The minimum Gasteiger partial charge on any atom is -0.497 e. The molecule has 0 aromatic heterocycles. The third-order valence-electron chi connectivity index (χ3n) is 4.85. The van der Waals surface area contributed by atoms with Crippen molar-refractivity contribution in [1.82, 2.24) is 4.90 Å². The van der Waals surface area contributed by atoms with E-state index in [0.717, 1.165) is 13.0 Å². The van der Waals surface area contributed by atoms with Crippen LogP contribution in [0.15, 0.2) is 42.5 Å². The number of nitrogens with one attached hydrogen (secondary N) is 1. The fraction of sp³-hybridized carbons (Fsp3) is 0.391. The largest absolute Gasteiger partial charge is 0.497 e. The van der Waals surface area contributed by atoms with Crippen molar-refractivity contribution in [3.63, 3.8) is 0 Å². The summed E-state index contributed by atoms with van der Waals surface area (Å²) in [5.74, 6) is 1.43. The Morgan fingerprint density at radius 1 is 1.19 bits per heavy atom. The Morgan fingerprint density at radius 3 is 2.71 bits per heavy atom. The number of carbonyl (C=O) groups is 2. The van der Waals surface area contributed by atoms with Crippen LogP contribution in [0.4, 0.5) is 11.4 Å². The van der Waals surface area contributed by atoms with E-state index in [4.69, 9.17) is 14.2 Å². The molecule has 1 aliphatic rings. The van der Waals surface area contributed by atoms with E-state index >= 15 is 0 Å². The molecule has 31 heavy (non-hydrogen) atoms. The Hall–Kier alpha value is -3.26. The predicted octanol–water partition coefficient (Wildman–Crippen LogP) is 2.78. The first-order valence-electron chi connectivity index (χ1n) is 10.2. The second-order valence-electron chi connectivity index (χ2n) is 7.61. The number of anilines is 2. The lowest BCUT2D eigenvalue weighted by molar-refractivity contribution is -0.125. The van der Waals surface area contributed by atoms with Gasteiger partial charge in [0, 0.05) is 18.3 Å². The van der Waals surface area contributed by atoms with E-state index in [0.29, 0.717) is 35.2 Å². The number of methoxy groups -OCH3 is 1. The molecule has 1 aliphatic heterocycles. The standard InChI is InChI=1S/C23H29N3O5/c1-16-23(28)26(12-6-11-25(2)3)20-13-17(9-10-21(20)31-16)24-22(27)15-30-19-8-5-7-18(14-19)29-4/h5,7-10,13-14,16H,6,11-12,15H2,1-4H3,(H,24,27). The van der Waals surface area contributed by atoms with Gasteiger partial charge in [-0.25, -0.2) is 0 Å². The van der Waals surface area contributed by atoms with Crippen molar-refractivity contribution >= 4 is 23.2 Å². The van der Waals surface area contributed by atoms with Crippen molar-refractivity contribution in [2.24, 2.45) is 0 Å². The van der Waals surface area contributed by atoms with Crippen molar-refractivity contribution < 1.29 is 23.8 Å². The number of hydrogen-bond donors (Lipinski definition) is 1. The molecule has 0 fully saturated rings. The molecule has 0 spiro atoms. The van der Waals surface area contributed by atoms with E-state index in [1.54, 1.807) is 61.4 Å². The second kappa shape index (κ2) is 10.2. The molecule has 0 saturated carbocycles. The monoisotopic (exact) mass is 427 g/mol. The van der Waals surface area contributed by atoms with E-state index in [2.05, 4.69) is 10.2 Å². The van der Waals surface area contributed by atoms with Crippen molar-refractivity contribution in [3.05, 3.63) is 42.5 Å². The van der Waals surface area contributed by atoms with Gasteiger partial charge in [0.1, 0.15) is 17.2 Å². The minimum absolute atomic E-state index is 0.0870. The topological polar surface area (TPSA) is 80.3 Å². The van der Waals surface area contributed by atoms with Gasteiger partial charge in [-0.3, -0.25) is 9.59 Å². The van der Waals surface area contributed by atoms with Crippen molar-refractivity contribution in [2.75, 3.05) is 51.1 Å². The van der Waals surface area contributed by atoms with Gasteiger partial charge in [-0.05, 0) is 64.3 Å². The number of carbonyl (C=O) groups excluding carboxylic acids is 2. The first-order valence-corrected chi connectivity index (χ1v) is 10.2. The number of benzene rings is 2. The molecule has 0 saturated heterocycles. The molecule has 3 rings (SSSR count). The summed E-state index contributed by atoms with van der Waals surface area (Å²) in [5, 5.41) is 2.81. The van der Waals surface area contributed by atoms with Crippen molar-refractivity contribution in [1.29, 1.82) is 0 Å². The summed E-state index contributed by atoms with van der Waals surface area (Å²) in [6, 6.07) is 12.3. The Balaban J connectivity index is 1.66. The molecule has 8 nitrogen and oxygen atoms in total. The predicted molar refractivity (Wildman–Crippen MR) is 119 cm³/mol. The quantitative estimate of drug-likeness (QED) is 0.663. The Kier molecular flexibility index (Phi) is 7.36. The lowest BCUT2D eigenvalue weighted by atomic mass is 10.1. The summed E-state index contributed by atoms with van der Waals surface area (Å²) in [7, 11) is 5.57. The molecule has 8 heteroatoms. The van der Waals surface area contributed by atoms with Crippen molar-refractivity contribution in [2.45, 2.75) is 19.4 Å². The first kappa shape index (κ1) is 22.4. The summed E-state index contributed by atoms with van der Waals surface area (Å²) >= 11 is 0. The maximum atomic E-state index is 12.7. The summed E-state index contributed by atoms with van der Waals surface area (Å²) in [5.41, 5.74) is 1.23. The molecule has 0 radical (unpaired) electrons. The Labute approximate surface area is 182 Å². The van der Waals surface area contributed by atoms with Crippen LogP contribution < -0.4 is 24.4 Å². The summed E-state index contributed by atoms with van der Waals surface area (Å²) in [4.78, 5) is 28.9. The highest BCUT2D eigenvalue weighted by atomic mass is 16.5. The lowest BCUT2D eigenvalue weighted by Gasteiger charge is -2.33. The summed E-state index contributed by atoms with van der Waals surface area (Å²) in [6.45, 7) is 3.04. The molecule has 1 atom stereocenters. The number of nitrogens with zero attached hydrogens (tertiary/aromatic N) is 2. The number of rotatable bonds is 9. The SMILES string of the molecule is COc1cccc(OCC(=O)Nc2ccc3c(c2)N(CCCN(C)C)C(=O)C(C)O3)c1. The number of hydrogen-bond acceptors (Lipinski definition) is 6. The fourth-order valence-electron chi connectivity index (χ4n) is 3.30. The molecular weight excluding hydrogens is 398 g/mol. The average molecular weight is 428 g/mol. The minimum atomic E-state index is -0.538. The zero-order valence-electron chi connectivity index (χ0n) is 18.4. The summed E-state index contributed by atoms with van der Waals surface area (Å²) in [6.07, 6.45) is 0.291. The number of fused-ring (bicyclic) bond motifs is 1. The van der Waals surface area contributed by atoms with Gasteiger partial charge in [-0.2, -0.15) is 0 Å². The van der Waals surface area contributed by atoms with Crippen LogP contribution in [0.2, 0.25) is 0 Å². The molecule has 166 valence electrons. The van der Waals surface area contributed by atoms with Gasteiger partial charge in [-0.1, -0.05) is 6.07 Å². The van der Waals surface area contributed by atoms with Crippen LogP contribution in [0.3, 0.4) is 0 Å². The Bertz CT molecular complexity index is 931. The second-order valence-corrected chi connectivity index (χ2v) is 7.61. The number of amides is 2. The van der Waals surface area contributed by atoms with Crippen LogP contribution in [0.25, 0.3) is 0 Å². The highest BCUT2D eigenvalue weighted by Gasteiger charge is 2.31. The van der Waals surface area contributed by atoms with E-state index < -0.39 is 6.10 Å². The van der Waals surface area contributed by atoms with Crippen LogP contribution in [-0.4, -0.2) is 63.7 Å². The smallest absolute Gasteiger partial charge is 0.267 e. The molecule has 1 heterocycles. The van der Waals surface area contributed by atoms with Gasteiger partial charge in [0.15, 0.2) is 12.7 Å². The Morgan fingerprint density at radius 2 is 1.97 bits per heavy atom. The maximum absolute atomic E-state index is 12.7. The summed E-state index contributed by atoms with van der Waals surface area (Å²) < 4.78 is 16.4. The maximum Gasteiger partial charge on any atom is 0.267 e. The van der Waals surface area contributed by atoms with E-state index in [-0.39, 0.29) is 18.4 Å². The highest BCUT2D eigenvalue weighted by molar-refractivity contribution is 6.01. The molecular formula is C23H29N3O5. The van der Waals surface area contributed by atoms with Gasteiger partial charge in [0.2, 0.25) is 0 Å². The first-order chi connectivity index (χ1) is 14.9. The van der Waals surface area contributed by atoms with Gasteiger partial charge in [0.05, 0.1) is 12.8 Å². The molecule has 2 aromatic carbocycles. The molecule has 2 amide bonds. The zero-order valence-corrected chi connectivity index (χ0v) is 18.4. The van der Waals surface area contributed by atoms with E-state index in [9.17, 15) is 9.59 Å². The normalized spacial score (nSPS) is 15.3. The van der Waals surface area contributed by atoms with Crippen LogP contribution >= 0.6 is 0 Å². The molecule has 1 N–H and O–H groups in total. The molecule has 1 unspecified atom stereocenters. The van der Waals surface area contributed by atoms with Crippen LogP contribution in [0, 0.1) is 0 Å². The van der Waals surface area contributed by atoms with Gasteiger partial charge < -0.3 is 29.3 Å². The third-order valence-corrected chi connectivity index (χ3v) is 4.85. The van der Waals surface area contributed by atoms with E-state index in [1.165, 1.54) is 0 Å². The van der Waals surface area contributed by atoms with Crippen LogP contribution in [-0.2, 0) is 9.59 Å². The molecule has 0 aliphatic carbocycles.